The van der Waals surface area contributed by atoms with Gasteiger partial charge >= 0.3 is 0 Å². The Hall–Kier alpha value is -3.21. The summed E-state index contributed by atoms with van der Waals surface area (Å²) in [5, 5.41) is 0.661. The highest BCUT2D eigenvalue weighted by Crippen LogP contribution is 2.34. The first-order valence-corrected chi connectivity index (χ1v) is 13.1. The van der Waals surface area contributed by atoms with Gasteiger partial charge in [-0.05, 0) is 42.8 Å². The van der Waals surface area contributed by atoms with Crippen molar-refractivity contribution in [2.45, 2.75) is 11.8 Å². The molecule has 2 aromatic heterocycles. The fraction of sp³-hybridized carbons (Fsp3) is 0.208. The smallest absolute Gasteiger partial charge is 0.281 e. The molecule has 1 aliphatic rings. The van der Waals surface area contributed by atoms with Crippen LogP contribution in [0.25, 0.3) is 22.3 Å². The molecule has 0 bridgehead atoms. The molecule has 0 saturated carbocycles. The number of fused-ring (bicyclic) bond motifs is 1. The zero-order chi connectivity index (χ0) is 24.6. The molecule has 0 unspecified atom stereocenters. The number of aromatic nitrogens is 3. The van der Waals surface area contributed by atoms with Gasteiger partial charge in [-0.25, -0.2) is 22.4 Å². The molecule has 5 rings (SSSR count). The number of hydrogen-bond donors (Lipinski definition) is 0. The summed E-state index contributed by atoms with van der Waals surface area (Å²) in [6.07, 6.45) is 2.20. The van der Waals surface area contributed by atoms with E-state index in [2.05, 4.69) is 19.7 Å². The Morgan fingerprint density at radius 3 is 2.31 bits per heavy atom. The van der Waals surface area contributed by atoms with Gasteiger partial charge in [0.05, 0.1) is 22.2 Å². The fourth-order valence-corrected chi connectivity index (χ4v) is 6.02. The zero-order valence-electron chi connectivity index (χ0n) is 19.1. The molecule has 0 radical (unpaired) electrons. The van der Waals surface area contributed by atoms with E-state index >= 15 is 0 Å². The van der Waals surface area contributed by atoms with Gasteiger partial charge in [-0.1, -0.05) is 41.4 Å². The number of carbonyl (C=O) groups is 1. The van der Waals surface area contributed by atoms with Gasteiger partial charge in [0.2, 0.25) is 0 Å². The number of halogens is 1. The highest BCUT2D eigenvalue weighted by Gasteiger charge is 2.26. The third-order valence-electron chi connectivity index (χ3n) is 6.30. The average molecular weight is 508 g/mol. The van der Waals surface area contributed by atoms with Crippen molar-refractivity contribution in [1.82, 2.24) is 18.8 Å². The summed E-state index contributed by atoms with van der Waals surface area (Å²) in [6, 6.07) is 16.2. The second kappa shape index (κ2) is 9.45. The molecule has 0 spiro atoms. The third kappa shape index (κ3) is 4.44. The van der Waals surface area contributed by atoms with Crippen LogP contribution in [0.5, 0.6) is 0 Å². The Bertz CT molecular complexity index is 1480. The number of aryl methyl sites for hydroxylation is 1. The fourth-order valence-electron chi connectivity index (χ4n) is 4.36. The lowest BCUT2D eigenvalue weighted by Gasteiger charge is -2.35. The van der Waals surface area contributed by atoms with Crippen LogP contribution in [0.15, 0.2) is 65.8 Å². The molecule has 1 fully saturated rings. The van der Waals surface area contributed by atoms with Crippen LogP contribution in [-0.2, 0) is 14.8 Å². The second-order valence-corrected chi connectivity index (χ2v) is 10.7. The van der Waals surface area contributed by atoms with Crippen LogP contribution in [0.3, 0.4) is 0 Å². The van der Waals surface area contributed by atoms with E-state index in [1.807, 2.05) is 31.2 Å². The molecule has 2 aromatic carbocycles. The van der Waals surface area contributed by atoms with Crippen molar-refractivity contribution in [3.63, 3.8) is 0 Å². The van der Waals surface area contributed by atoms with E-state index < -0.39 is 10.0 Å². The van der Waals surface area contributed by atoms with Gasteiger partial charge in [0, 0.05) is 31.9 Å². The van der Waals surface area contributed by atoms with Gasteiger partial charge in [0.15, 0.2) is 5.65 Å². The Balaban J connectivity index is 1.55. The van der Waals surface area contributed by atoms with Crippen molar-refractivity contribution < 1.29 is 13.2 Å². The number of carbonyl (C=O) groups excluding carboxylic acids is 1. The van der Waals surface area contributed by atoms with Gasteiger partial charge in [0.1, 0.15) is 11.5 Å². The minimum Gasteiger partial charge on any atom is -0.369 e. The molecule has 0 N–H and O–H groups in total. The predicted octanol–water partition coefficient (Wildman–Crippen LogP) is 2.96. The molecule has 35 heavy (non-hydrogen) atoms. The summed E-state index contributed by atoms with van der Waals surface area (Å²) >= 11 is 6.32. The van der Waals surface area contributed by atoms with Crippen LogP contribution in [-0.4, -0.2) is 66.9 Å². The maximum atomic E-state index is 13.7. The average Bonchev–Trinajstić information content (AvgIpc) is 3.27. The minimum atomic E-state index is -3.95. The van der Waals surface area contributed by atoms with E-state index in [-0.39, 0.29) is 15.7 Å². The van der Waals surface area contributed by atoms with E-state index in [0.29, 0.717) is 18.5 Å². The molecule has 178 valence electrons. The lowest BCUT2D eigenvalue weighted by Crippen LogP contribution is -2.48. The number of hydrogen-bond acceptors (Lipinski definition) is 7. The minimum absolute atomic E-state index is 0.168. The van der Waals surface area contributed by atoms with Crippen molar-refractivity contribution in [2.75, 3.05) is 31.1 Å². The first kappa shape index (κ1) is 23.5. The molecule has 1 saturated heterocycles. The van der Waals surface area contributed by atoms with E-state index in [1.165, 1.54) is 10.3 Å². The maximum Gasteiger partial charge on any atom is 0.281 e. The van der Waals surface area contributed by atoms with E-state index in [1.54, 1.807) is 30.3 Å². The molecular formula is C24H23BClN5O3S. The second-order valence-electron chi connectivity index (χ2n) is 8.52. The monoisotopic (exact) mass is 507 g/mol. The summed E-state index contributed by atoms with van der Waals surface area (Å²) in [4.78, 5) is 23.6. The Morgan fingerprint density at radius 1 is 0.971 bits per heavy atom. The van der Waals surface area contributed by atoms with Gasteiger partial charge in [-0.2, -0.15) is 0 Å². The van der Waals surface area contributed by atoms with Crippen LogP contribution in [0.4, 0.5) is 5.69 Å². The van der Waals surface area contributed by atoms with Gasteiger partial charge in [-0.3, -0.25) is 0 Å². The number of nitrogens with zero attached hydrogens (tertiary/aromatic N) is 5. The molecule has 3 heterocycles. The van der Waals surface area contributed by atoms with Gasteiger partial charge in [0.25, 0.3) is 17.4 Å². The molecule has 0 amide bonds. The summed E-state index contributed by atoms with van der Waals surface area (Å²) in [5.41, 5.74) is 3.43. The summed E-state index contributed by atoms with van der Waals surface area (Å²) in [5.74, 6) is 0. The number of anilines is 1. The van der Waals surface area contributed by atoms with Gasteiger partial charge in [-0.15, -0.1) is 0 Å². The Morgan fingerprint density at radius 2 is 1.66 bits per heavy atom. The molecule has 0 atom stereocenters. The molecule has 0 aliphatic carbocycles. The molecule has 8 nitrogen and oxygen atoms in total. The van der Waals surface area contributed by atoms with E-state index in [0.717, 1.165) is 49.2 Å². The molecule has 1 aliphatic heterocycles. The van der Waals surface area contributed by atoms with Crippen molar-refractivity contribution in [2.24, 2.45) is 0 Å². The molecule has 11 heteroatoms. The predicted molar refractivity (Wildman–Crippen MR) is 139 cm³/mol. The first-order chi connectivity index (χ1) is 16.9. The van der Waals surface area contributed by atoms with Crippen molar-refractivity contribution in [1.29, 1.82) is 0 Å². The quantitative estimate of drug-likeness (QED) is 0.225. The summed E-state index contributed by atoms with van der Waals surface area (Å²) in [6.45, 7) is 5.19. The van der Waals surface area contributed by atoms with E-state index in [9.17, 15) is 13.2 Å². The highest BCUT2D eigenvalue weighted by molar-refractivity contribution is 7.90. The number of piperazine rings is 1. The standard InChI is InChI=1S/C24H23BClN5O3S/c1-17-2-8-20(9-3-17)35(33,34)31-22(14-21-23(26)27-16-28-24(21)31)18-4-6-19(7-5-18)29-10-12-30(13-11-29)25-15-32/h2-9,14-16,25H,10-13H2,1H3. The Labute approximate surface area is 209 Å². The van der Waals surface area contributed by atoms with Crippen LogP contribution >= 0.6 is 11.6 Å². The zero-order valence-corrected chi connectivity index (χ0v) is 20.7. The largest absolute Gasteiger partial charge is 0.369 e. The topological polar surface area (TPSA) is 88.4 Å². The SMILES string of the molecule is Cc1ccc(S(=O)(=O)n2c(-c3ccc(N4CCN(BC=O)CC4)cc3)cc3c(Cl)ncnc32)cc1. The van der Waals surface area contributed by atoms with Crippen molar-refractivity contribution in [3.8, 4) is 11.3 Å². The summed E-state index contributed by atoms with van der Waals surface area (Å²) < 4.78 is 28.7. The summed E-state index contributed by atoms with van der Waals surface area (Å²) in [7, 11) is -3.50. The van der Waals surface area contributed by atoms with Crippen LogP contribution in [0.1, 0.15) is 5.56 Å². The molecular weight excluding hydrogens is 485 g/mol. The lowest BCUT2D eigenvalue weighted by atomic mass is 9.93. The first-order valence-electron chi connectivity index (χ1n) is 11.2. The maximum absolute atomic E-state index is 13.7. The van der Waals surface area contributed by atoms with Crippen LogP contribution < -0.4 is 4.90 Å². The lowest BCUT2D eigenvalue weighted by molar-refractivity contribution is 0.409. The number of benzene rings is 2. The van der Waals surface area contributed by atoms with Crippen LogP contribution in [0.2, 0.25) is 5.15 Å². The number of rotatable bonds is 6. The van der Waals surface area contributed by atoms with Gasteiger partial charge < -0.3 is 14.5 Å². The molecule has 4 aromatic rings. The van der Waals surface area contributed by atoms with Crippen molar-refractivity contribution >= 4 is 51.9 Å². The highest BCUT2D eigenvalue weighted by atomic mass is 35.5. The third-order valence-corrected chi connectivity index (χ3v) is 8.32. The Kier molecular flexibility index (Phi) is 6.35. The van der Waals surface area contributed by atoms with E-state index in [4.69, 9.17) is 11.6 Å². The van der Waals surface area contributed by atoms with Crippen molar-refractivity contribution in [3.05, 3.63) is 71.6 Å². The normalized spacial score (nSPS) is 14.9. The van der Waals surface area contributed by atoms with Crippen LogP contribution in [0, 0.1) is 6.92 Å².